The zero-order valence-corrected chi connectivity index (χ0v) is 19.3. The molecule has 0 saturated heterocycles. The summed E-state index contributed by atoms with van der Waals surface area (Å²) in [5, 5.41) is 0. The van der Waals surface area contributed by atoms with Gasteiger partial charge in [-0.05, 0) is 31.6 Å². The Morgan fingerprint density at radius 1 is 1.18 bits per heavy atom. The van der Waals surface area contributed by atoms with Crippen molar-refractivity contribution in [3.63, 3.8) is 0 Å². The van der Waals surface area contributed by atoms with Crippen LogP contribution < -0.4 is 19.6 Å². The van der Waals surface area contributed by atoms with Crippen LogP contribution in [0.15, 0.2) is 88.3 Å². The van der Waals surface area contributed by atoms with Crippen molar-refractivity contribution in [2.75, 3.05) is 13.2 Å². The molecule has 0 aliphatic carbocycles. The summed E-state index contributed by atoms with van der Waals surface area (Å²) in [7, 11) is 0. The molecular formula is C26H24N2O4S. The van der Waals surface area contributed by atoms with Gasteiger partial charge in [-0.1, -0.05) is 72.5 Å². The number of thiazole rings is 1. The number of nitrogens with zero attached hydrogens (tertiary/aromatic N) is 2. The number of para-hydroxylation sites is 1. The highest BCUT2D eigenvalue weighted by atomic mass is 32.1. The summed E-state index contributed by atoms with van der Waals surface area (Å²) in [5.41, 5.74) is 2.29. The summed E-state index contributed by atoms with van der Waals surface area (Å²) in [4.78, 5) is 31.6. The molecule has 0 unspecified atom stereocenters. The summed E-state index contributed by atoms with van der Waals surface area (Å²) < 4.78 is 13.1. The quantitative estimate of drug-likeness (QED) is 0.401. The molecule has 0 saturated carbocycles. The maximum absolute atomic E-state index is 13.6. The van der Waals surface area contributed by atoms with E-state index in [2.05, 4.69) is 11.6 Å². The number of rotatable bonds is 7. The molecule has 168 valence electrons. The van der Waals surface area contributed by atoms with Crippen molar-refractivity contribution in [1.29, 1.82) is 0 Å². The first-order valence-electron chi connectivity index (χ1n) is 10.6. The average Bonchev–Trinajstić information content (AvgIpc) is 3.12. The Hall–Kier alpha value is -3.71. The topological polar surface area (TPSA) is 69.9 Å². The molecule has 4 rings (SSSR count). The van der Waals surface area contributed by atoms with Gasteiger partial charge < -0.3 is 9.47 Å². The molecule has 2 heterocycles. The first kappa shape index (κ1) is 22.5. The van der Waals surface area contributed by atoms with Crippen LogP contribution in [0.3, 0.4) is 0 Å². The van der Waals surface area contributed by atoms with E-state index in [1.165, 1.54) is 11.3 Å². The predicted molar refractivity (Wildman–Crippen MR) is 129 cm³/mol. The van der Waals surface area contributed by atoms with Crippen LogP contribution >= 0.6 is 11.3 Å². The lowest BCUT2D eigenvalue weighted by molar-refractivity contribution is -0.139. The Bertz CT molecular complexity index is 1400. The molecule has 0 N–H and O–H groups in total. The summed E-state index contributed by atoms with van der Waals surface area (Å²) in [6.07, 6.45) is 3.47. The number of carbonyl (C=O) groups is 1. The van der Waals surface area contributed by atoms with Gasteiger partial charge in [0.15, 0.2) is 4.80 Å². The van der Waals surface area contributed by atoms with Gasteiger partial charge in [0.2, 0.25) is 0 Å². The zero-order chi connectivity index (χ0) is 23.4. The highest BCUT2D eigenvalue weighted by Crippen LogP contribution is 2.30. The van der Waals surface area contributed by atoms with Gasteiger partial charge in [0.25, 0.3) is 5.56 Å². The Kier molecular flexibility index (Phi) is 6.70. The van der Waals surface area contributed by atoms with Crippen molar-refractivity contribution < 1.29 is 14.3 Å². The van der Waals surface area contributed by atoms with Gasteiger partial charge in [-0.25, -0.2) is 9.79 Å². The van der Waals surface area contributed by atoms with E-state index in [0.29, 0.717) is 33.0 Å². The average molecular weight is 461 g/mol. The summed E-state index contributed by atoms with van der Waals surface area (Å²) in [5.74, 6) is 0.191. The van der Waals surface area contributed by atoms with Crippen LogP contribution in [0.25, 0.3) is 6.08 Å². The van der Waals surface area contributed by atoms with E-state index in [9.17, 15) is 9.59 Å². The van der Waals surface area contributed by atoms with Crippen LogP contribution in [-0.2, 0) is 9.53 Å². The number of hydrogen-bond donors (Lipinski definition) is 0. The van der Waals surface area contributed by atoms with Gasteiger partial charge in [-0.15, -0.1) is 0 Å². The number of fused-ring (bicyclic) bond motifs is 1. The third kappa shape index (κ3) is 4.45. The Morgan fingerprint density at radius 2 is 1.91 bits per heavy atom. The van der Waals surface area contributed by atoms with Crippen LogP contribution in [0.4, 0.5) is 0 Å². The standard InChI is InChI=1S/C26H24N2O4S/c1-4-15-32-20-14-10-9-13-19(20)16-21-24(29)28-23(18-11-7-6-8-12-18)22(25(30)31-5-2)17(3)27-26(28)33-21/h4,6-14,16,23H,1,5,15H2,2-3H3/b21-16-/t23-/m1/s1. The number of allylic oxidation sites excluding steroid dienone is 1. The fourth-order valence-corrected chi connectivity index (χ4v) is 4.80. The van der Waals surface area contributed by atoms with Crippen LogP contribution in [0, 0.1) is 0 Å². The lowest BCUT2D eigenvalue weighted by atomic mass is 9.96. The number of ether oxygens (including phenoxy) is 2. The first-order valence-corrected chi connectivity index (χ1v) is 11.4. The van der Waals surface area contributed by atoms with Gasteiger partial charge in [0.05, 0.1) is 28.5 Å². The SMILES string of the molecule is C=CCOc1ccccc1/C=c1\sc2n(c1=O)[C@H](c1ccccc1)C(C(=O)OCC)=C(C)N=2. The minimum absolute atomic E-state index is 0.222. The monoisotopic (exact) mass is 460 g/mol. The Balaban J connectivity index is 1.92. The Morgan fingerprint density at radius 3 is 2.64 bits per heavy atom. The first-order chi connectivity index (χ1) is 16.0. The minimum Gasteiger partial charge on any atom is -0.489 e. The van der Waals surface area contributed by atoms with E-state index in [1.807, 2.05) is 54.6 Å². The van der Waals surface area contributed by atoms with Crippen LogP contribution in [0.5, 0.6) is 5.75 Å². The zero-order valence-electron chi connectivity index (χ0n) is 18.5. The van der Waals surface area contributed by atoms with Crippen molar-refractivity contribution in [1.82, 2.24) is 4.57 Å². The fraction of sp³-hybridized carbons (Fsp3) is 0.192. The van der Waals surface area contributed by atoms with Crippen LogP contribution in [0.1, 0.15) is 31.0 Å². The van der Waals surface area contributed by atoms with Crippen molar-refractivity contribution >= 4 is 23.4 Å². The summed E-state index contributed by atoms with van der Waals surface area (Å²) in [6, 6.07) is 16.4. The van der Waals surface area contributed by atoms with E-state index in [-0.39, 0.29) is 12.2 Å². The Labute approximate surface area is 195 Å². The number of esters is 1. The van der Waals surface area contributed by atoms with Crippen molar-refractivity contribution in [2.45, 2.75) is 19.9 Å². The van der Waals surface area contributed by atoms with Crippen LogP contribution in [0.2, 0.25) is 0 Å². The molecule has 6 nitrogen and oxygen atoms in total. The predicted octanol–water partition coefficient (Wildman–Crippen LogP) is 3.36. The fourth-order valence-electron chi connectivity index (χ4n) is 3.76. The number of aromatic nitrogens is 1. The second-order valence-electron chi connectivity index (χ2n) is 7.35. The highest BCUT2D eigenvalue weighted by molar-refractivity contribution is 7.07. The van der Waals surface area contributed by atoms with E-state index in [1.54, 1.807) is 30.6 Å². The molecule has 33 heavy (non-hydrogen) atoms. The number of hydrogen-bond acceptors (Lipinski definition) is 6. The van der Waals surface area contributed by atoms with E-state index in [0.717, 1.165) is 11.1 Å². The van der Waals surface area contributed by atoms with E-state index in [4.69, 9.17) is 9.47 Å². The molecule has 3 aromatic rings. The molecule has 0 spiro atoms. The van der Waals surface area contributed by atoms with Crippen molar-refractivity contribution in [2.24, 2.45) is 4.99 Å². The summed E-state index contributed by atoms with van der Waals surface area (Å²) >= 11 is 1.28. The van der Waals surface area contributed by atoms with Gasteiger partial charge in [-0.3, -0.25) is 9.36 Å². The lowest BCUT2D eigenvalue weighted by Gasteiger charge is -2.24. The maximum atomic E-state index is 13.6. The normalized spacial score (nSPS) is 15.6. The maximum Gasteiger partial charge on any atom is 0.338 e. The van der Waals surface area contributed by atoms with Gasteiger partial charge in [-0.2, -0.15) is 0 Å². The van der Waals surface area contributed by atoms with E-state index >= 15 is 0 Å². The molecule has 0 bridgehead atoms. The molecule has 1 aliphatic rings. The molecule has 1 aliphatic heterocycles. The molecule has 2 aromatic carbocycles. The highest BCUT2D eigenvalue weighted by Gasteiger charge is 2.33. The molecule has 0 radical (unpaired) electrons. The molecule has 7 heteroatoms. The van der Waals surface area contributed by atoms with Crippen molar-refractivity contribution in [3.05, 3.63) is 109 Å². The number of benzene rings is 2. The smallest absolute Gasteiger partial charge is 0.338 e. The summed E-state index contributed by atoms with van der Waals surface area (Å²) in [6.45, 7) is 7.82. The number of carbonyl (C=O) groups excluding carboxylic acids is 1. The van der Waals surface area contributed by atoms with Crippen LogP contribution in [-0.4, -0.2) is 23.8 Å². The largest absolute Gasteiger partial charge is 0.489 e. The minimum atomic E-state index is -0.615. The van der Waals surface area contributed by atoms with E-state index < -0.39 is 12.0 Å². The third-order valence-electron chi connectivity index (χ3n) is 5.19. The third-order valence-corrected chi connectivity index (χ3v) is 6.18. The molecule has 0 amide bonds. The van der Waals surface area contributed by atoms with Gasteiger partial charge in [0.1, 0.15) is 12.4 Å². The lowest BCUT2D eigenvalue weighted by Crippen LogP contribution is -2.39. The second-order valence-corrected chi connectivity index (χ2v) is 8.36. The van der Waals surface area contributed by atoms with Gasteiger partial charge in [0, 0.05) is 5.56 Å². The molecule has 0 fully saturated rings. The molecule has 1 atom stereocenters. The van der Waals surface area contributed by atoms with Crippen molar-refractivity contribution in [3.8, 4) is 5.75 Å². The molecular weight excluding hydrogens is 436 g/mol. The van der Waals surface area contributed by atoms with Gasteiger partial charge >= 0.3 is 5.97 Å². The second kappa shape index (κ2) is 9.83. The molecule has 1 aromatic heterocycles.